The average Bonchev–Trinajstić information content (AvgIpc) is 2.18. The monoisotopic (exact) mass is 243 g/mol. The first-order valence-corrected chi connectivity index (χ1v) is 1.88. The third kappa shape index (κ3) is 101. The maximum atomic E-state index is 8.10. The van der Waals surface area contributed by atoms with Gasteiger partial charge in [0.15, 0.2) is 0 Å². The van der Waals surface area contributed by atoms with Gasteiger partial charge < -0.3 is 40.6 Å². The third-order valence-corrected chi connectivity index (χ3v) is 0. The molecule has 1 N–H and O–H groups in total. The van der Waals surface area contributed by atoms with E-state index in [1.54, 1.807) is 0 Å². The van der Waals surface area contributed by atoms with Gasteiger partial charge in [-0.2, -0.15) is 5.26 Å². The molecule has 0 aliphatic rings. The summed E-state index contributed by atoms with van der Waals surface area (Å²) in [7, 11) is 0. The SMILES string of the molecule is N#CO.[C-]#N.[C-]#N.[C-]#N.[O]=[Pd]. The van der Waals surface area contributed by atoms with Crippen molar-refractivity contribution in [3.63, 3.8) is 0 Å². The van der Waals surface area contributed by atoms with Gasteiger partial charge in [-0.15, -0.1) is 0 Å². The Kier molecular flexibility index (Phi) is 2250. The standard InChI is InChI=1S/CHNO.3CN.O.Pd/c2-1-3;3*1-2;;/h3H;;;;;/q;3*-1;;. The minimum absolute atomic E-state index is 0.750. The topological polar surface area (TPSA) is 132 Å². The van der Waals surface area contributed by atoms with E-state index in [-0.39, 0.29) is 0 Å². The van der Waals surface area contributed by atoms with Crippen molar-refractivity contribution < 1.29 is 27.7 Å². The summed E-state index contributed by atoms with van der Waals surface area (Å²) >= 11 is 1.50. The van der Waals surface area contributed by atoms with Gasteiger partial charge >= 0.3 is 22.6 Å². The first-order valence-electron chi connectivity index (χ1n) is 1.25. The van der Waals surface area contributed by atoms with E-state index in [1.165, 1.54) is 19.2 Å². The molecule has 0 saturated carbocycles. The molecule has 0 aliphatic carbocycles. The van der Waals surface area contributed by atoms with E-state index in [0.29, 0.717) is 0 Å². The van der Waals surface area contributed by atoms with E-state index in [4.69, 9.17) is 49.3 Å². The van der Waals surface area contributed by atoms with Crippen molar-refractivity contribution >= 4 is 0 Å². The Morgan fingerprint density at radius 2 is 1.00 bits per heavy atom. The molecule has 0 amide bonds. The van der Waals surface area contributed by atoms with E-state index < -0.39 is 0 Å². The Morgan fingerprint density at radius 3 is 1.00 bits per heavy atom. The Balaban J connectivity index is -0.0000000139. The zero-order valence-corrected chi connectivity index (χ0v) is 6.52. The number of hydrogen-bond donors (Lipinski definition) is 1. The molecular weight excluding hydrogens is 242 g/mol. The van der Waals surface area contributed by atoms with Gasteiger partial charge in [0, 0.05) is 0 Å². The van der Waals surface area contributed by atoms with Crippen LogP contribution in [0.5, 0.6) is 0 Å². The number of rotatable bonds is 0. The number of aliphatic hydroxyl groups is 1. The van der Waals surface area contributed by atoms with E-state index in [0.717, 1.165) is 6.26 Å². The quantitative estimate of drug-likeness (QED) is 0.362. The molecule has 0 radical (unpaired) electrons. The number of nitrogens with zero attached hydrogens (tertiary/aromatic N) is 4. The van der Waals surface area contributed by atoms with Gasteiger partial charge in [0.1, 0.15) is 0 Å². The molecule has 6 nitrogen and oxygen atoms in total. The molecule has 0 aliphatic heterocycles. The Morgan fingerprint density at radius 1 is 1.00 bits per heavy atom. The van der Waals surface area contributed by atoms with Crippen LogP contribution in [0, 0.1) is 47.0 Å². The van der Waals surface area contributed by atoms with Crippen molar-refractivity contribution in [3.8, 4) is 6.26 Å². The molecule has 0 saturated heterocycles. The first-order chi connectivity index (χ1) is 5.41. The van der Waals surface area contributed by atoms with Crippen molar-refractivity contribution in [2.45, 2.75) is 0 Å². The zero-order valence-electron chi connectivity index (χ0n) is 4.96. The van der Waals surface area contributed by atoms with Gasteiger partial charge in [0.05, 0.1) is 0 Å². The van der Waals surface area contributed by atoms with Crippen molar-refractivity contribution in [3.05, 3.63) is 19.7 Å². The fourth-order valence-electron chi connectivity index (χ4n) is 0. The minimum atomic E-state index is 0.750. The van der Waals surface area contributed by atoms with E-state index in [2.05, 4.69) is 0 Å². The first kappa shape index (κ1) is 35.0. The van der Waals surface area contributed by atoms with Crippen LogP contribution in [0.3, 0.4) is 0 Å². The van der Waals surface area contributed by atoms with Crippen LogP contribution in [0.25, 0.3) is 0 Å². The Labute approximate surface area is 75.2 Å². The molecule has 0 aromatic rings. The molecule has 7 heteroatoms. The number of aliphatic hydroxyl groups excluding tert-OH is 1. The Hall–Kier alpha value is -1.78. The van der Waals surface area contributed by atoms with Gasteiger partial charge in [0.25, 0.3) is 6.26 Å². The summed E-state index contributed by atoms with van der Waals surface area (Å²) in [6.45, 7) is 14.2. The van der Waals surface area contributed by atoms with Gasteiger partial charge in [-0.1, -0.05) is 0 Å². The van der Waals surface area contributed by atoms with Crippen molar-refractivity contribution in [2.75, 3.05) is 0 Å². The van der Waals surface area contributed by atoms with Crippen molar-refractivity contribution in [1.29, 1.82) is 21.0 Å². The van der Waals surface area contributed by atoms with Crippen LogP contribution >= 0.6 is 0 Å². The van der Waals surface area contributed by atoms with Crippen LogP contribution in [0.2, 0.25) is 0 Å². The van der Waals surface area contributed by atoms with Crippen LogP contribution in [-0.4, -0.2) is 5.11 Å². The molecule has 0 aromatic carbocycles. The van der Waals surface area contributed by atoms with Crippen molar-refractivity contribution in [2.24, 2.45) is 0 Å². The van der Waals surface area contributed by atoms with Gasteiger partial charge in [-0.25, -0.2) is 0 Å². The second-order valence-electron chi connectivity index (χ2n) is 0.100. The van der Waals surface area contributed by atoms with Crippen LogP contribution < -0.4 is 0 Å². The summed E-state index contributed by atoms with van der Waals surface area (Å²) in [6, 6.07) is 0. The van der Waals surface area contributed by atoms with E-state index >= 15 is 0 Å². The predicted molar refractivity (Wildman–Crippen MR) is 23.1 cm³/mol. The fourth-order valence-corrected chi connectivity index (χ4v) is 0. The molecule has 0 unspecified atom stereocenters. The zero-order chi connectivity index (χ0) is 10.7. The molecule has 0 fully saturated rings. The summed E-state index contributed by atoms with van der Waals surface area (Å²) in [4.78, 5) is 0. The fraction of sp³-hybridized carbons (Fsp3) is 0. The molecule has 0 atom stereocenters. The molecule has 0 aromatic heterocycles. The number of hydrogen-bond acceptors (Lipinski definition) is 6. The second-order valence-corrected chi connectivity index (χ2v) is 0.100. The average molecular weight is 243 g/mol. The second kappa shape index (κ2) is 709. The van der Waals surface area contributed by atoms with Gasteiger partial charge in [0.2, 0.25) is 0 Å². The third-order valence-electron chi connectivity index (χ3n) is 0. The van der Waals surface area contributed by atoms with Crippen LogP contribution in [-0.2, 0) is 22.6 Å². The summed E-state index contributed by atoms with van der Waals surface area (Å²) in [5, 5.41) is 32.5. The van der Waals surface area contributed by atoms with E-state index in [1.807, 2.05) is 0 Å². The summed E-state index contributed by atoms with van der Waals surface area (Å²) in [5.41, 5.74) is 0. The molecular formula is C4HN4O2Pd-3. The van der Waals surface area contributed by atoms with Crippen LogP contribution in [0.1, 0.15) is 0 Å². The van der Waals surface area contributed by atoms with Crippen LogP contribution in [0.4, 0.5) is 0 Å². The van der Waals surface area contributed by atoms with Crippen LogP contribution in [0.15, 0.2) is 0 Å². The molecule has 0 rings (SSSR count). The molecule has 11 heavy (non-hydrogen) atoms. The molecule has 0 bridgehead atoms. The summed E-state index contributed by atoms with van der Waals surface area (Å²) < 4.78 is 8.10. The van der Waals surface area contributed by atoms with Crippen molar-refractivity contribution in [1.82, 2.24) is 0 Å². The molecule has 0 spiro atoms. The maximum absolute atomic E-state index is 8.10. The molecule has 0 heterocycles. The molecule has 62 valence electrons. The summed E-state index contributed by atoms with van der Waals surface area (Å²) in [5.74, 6) is 0. The van der Waals surface area contributed by atoms with Gasteiger partial charge in [-0.3, -0.25) is 0 Å². The predicted octanol–water partition coefficient (Wildman–Crippen LogP) is 0.00779. The summed E-state index contributed by atoms with van der Waals surface area (Å²) in [6.07, 6.45) is 0.750. The van der Waals surface area contributed by atoms with Gasteiger partial charge in [-0.05, 0) is 0 Å². The normalized spacial score (nSPS) is 1.73. The number of nitriles is 1. The Bertz CT molecular complexity index is 110. The van der Waals surface area contributed by atoms with E-state index in [9.17, 15) is 0 Å².